The van der Waals surface area contributed by atoms with Crippen molar-refractivity contribution in [3.63, 3.8) is 0 Å². The number of rotatable bonds is 4. The lowest BCUT2D eigenvalue weighted by atomic mass is 10.1. The van der Waals surface area contributed by atoms with Crippen LogP contribution < -0.4 is 16.6 Å². The molecule has 1 aromatic heterocycles. The Kier molecular flexibility index (Phi) is 4.05. The van der Waals surface area contributed by atoms with Crippen molar-refractivity contribution in [1.82, 2.24) is 4.98 Å². The monoisotopic (exact) mass is 311 g/mol. The van der Waals surface area contributed by atoms with Gasteiger partial charge in [0.15, 0.2) is 0 Å². The number of hydrogen-bond acceptors (Lipinski definition) is 7. The number of carbonyl (C=O) groups excluding carboxylic acids is 1. The van der Waals surface area contributed by atoms with Gasteiger partial charge in [-0.05, 0) is 13.0 Å². The molecule has 2 rings (SSSR count). The minimum Gasteiger partial charge on any atom is -0.432 e. The summed E-state index contributed by atoms with van der Waals surface area (Å²) >= 11 is 5.86. The van der Waals surface area contributed by atoms with Crippen LogP contribution in [0, 0.1) is 17.0 Å². The Hall–Kier alpha value is -2.65. The molecule has 0 saturated heterocycles. The van der Waals surface area contributed by atoms with Crippen molar-refractivity contribution in [2.75, 3.05) is 10.7 Å². The highest BCUT2D eigenvalue weighted by molar-refractivity contribution is 6.34. The van der Waals surface area contributed by atoms with E-state index in [0.29, 0.717) is 5.69 Å². The van der Waals surface area contributed by atoms with Crippen molar-refractivity contribution >= 4 is 34.9 Å². The first-order valence-electron chi connectivity index (χ1n) is 5.60. The SMILES string of the molecule is Cc1coc(NC(=O)c2cc(Cl)c(NN)c([N+](=O)[O-])c2)n1. The summed E-state index contributed by atoms with van der Waals surface area (Å²) < 4.78 is 4.97. The van der Waals surface area contributed by atoms with Gasteiger partial charge in [-0.3, -0.25) is 26.1 Å². The molecule has 0 fully saturated rings. The van der Waals surface area contributed by atoms with E-state index in [1.54, 1.807) is 6.92 Å². The van der Waals surface area contributed by atoms with Crippen molar-refractivity contribution in [3.8, 4) is 0 Å². The number of nitrogens with zero attached hydrogens (tertiary/aromatic N) is 2. The van der Waals surface area contributed by atoms with E-state index in [2.05, 4.69) is 15.7 Å². The molecule has 0 aliphatic heterocycles. The summed E-state index contributed by atoms with van der Waals surface area (Å²) in [5.74, 6) is 4.53. The number of hydrogen-bond donors (Lipinski definition) is 3. The summed E-state index contributed by atoms with van der Waals surface area (Å²) in [4.78, 5) is 26.2. The average Bonchev–Trinajstić information content (AvgIpc) is 2.82. The number of aryl methyl sites for hydroxylation is 1. The summed E-state index contributed by atoms with van der Waals surface area (Å²) in [7, 11) is 0. The van der Waals surface area contributed by atoms with E-state index in [0.717, 1.165) is 6.07 Å². The second-order valence-electron chi connectivity index (χ2n) is 4.00. The molecule has 1 amide bonds. The minimum atomic E-state index is -0.701. The van der Waals surface area contributed by atoms with E-state index in [1.165, 1.54) is 12.3 Å². The van der Waals surface area contributed by atoms with Gasteiger partial charge >= 0.3 is 6.01 Å². The fourth-order valence-corrected chi connectivity index (χ4v) is 1.86. The molecule has 9 nitrogen and oxygen atoms in total. The molecule has 0 saturated carbocycles. The van der Waals surface area contributed by atoms with Crippen molar-refractivity contribution in [1.29, 1.82) is 0 Å². The third-order valence-corrected chi connectivity index (χ3v) is 2.81. The number of nitro groups is 1. The first-order chi connectivity index (χ1) is 9.92. The highest BCUT2D eigenvalue weighted by Gasteiger charge is 2.21. The fourth-order valence-electron chi connectivity index (χ4n) is 1.59. The van der Waals surface area contributed by atoms with Gasteiger partial charge in [0, 0.05) is 11.6 Å². The van der Waals surface area contributed by atoms with Gasteiger partial charge in [-0.2, -0.15) is 4.98 Å². The summed E-state index contributed by atoms with van der Waals surface area (Å²) in [5.41, 5.74) is 2.19. The molecule has 0 spiro atoms. The van der Waals surface area contributed by atoms with Crippen LogP contribution >= 0.6 is 11.6 Å². The smallest absolute Gasteiger partial charge is 0.301 e. The first kappa shape index (κ1) is 14.8. The molecule has 0 aliphatic carbocycles. The second-order valence-corrected chi connectivity index (χ2v) is 4.41. The van der Waals surface area contributed by atoms with E-state index in [9.17, 15) is 14.9 Å². The van der Waals surface area contributed by atoms with Crippen molar-refractivity contribution in [3.05, 3.63) is 44.8 Å². The molecule has 0 radical (unpaired) electrons. The first-order valence-corrected chi connectivity index (χ1v) is 5.98. The Morgan fingerprint density at radius 2 is 2.24 bits per heavy atom. The van der Waals surface area contributed by atoms with Crippen molar-refractivity contribution in [2.24, 2.45) is 5.84 Å². The number of aromatic nitrogens is 1. The molecule has 4 N–H and O–H groups in total. The van der Waals surface area contributed by atoms with Gasteiger partial charge in [-0.25, -0.2) is 0 Å². The van der Waals surface area contributed by atoms with E-state index in [4.69, 9.17) is 21.9 Å². The number of anilines is 2. The molecule has 21 heavy (non-hydrogen) atoms. The molecule has 1 aromatic carbocycles. The number of nitrogens with two attached hydrogens (primary N) is 1. The maximum atomic E-state index is 12.0. The summed E-state index contributed by atoms with van der Waals surface area (Å²) in [6, 6.07) is 2.28. The van der Waals surface area contributed by atoms with Crippen LogP contribution in [-0.2, 0) is 0 Å². The summed E-state index contributed by atoms with van der Waals surface area (Å²) in [6.07, 6.45) is 1.35. The lowest BCUT2D eigenvalue weighted by Crippen LogP contribution is -2.14. The van der Waals surface area contributed by atoms with Crippen LogP contribution in [0.5, 0.6) is 0 Å². The molecule has 10 heteroatoms. The Morgan fingerprint density at radius 1 is 1.52 bits per heavy atom. The van der Waals surface area contributed by atoms with Gasteiger partial charge in [0.2, 0.25) is 0 Å². The van der Waals surface area contributed by atoms with Crippen LogP contribution in [0.15, 0.2) is 22.8 Å². The molecule has 0 unspecified atom stereocenters. The van der Waals surface area contributed by atoms with E-state index < -0.39 is 16.5 Å². The van der Waals surface area contributed by atoms with Gasteiger partial charge < -0.3 is 9.84 Å². The third kappa shape index (κ3) is 3.09. The number of nitro benzene ring substituents is 1. The maximum absolute atomic E-state index is 12.0. The summed E-state index contributed by atoms with van der Waals surface area (Å²) in [6.45, 7) is 1.68. The van der Waals surface area contributed by atoms with Crippen LogP contribution in [0.2, 0.25) is 5.02 Å². The van der Waals surface area contributed by atoms with Crippen LogP contribution in [0.25, 0.3) is 0 Å². The largest absolute Gasteiger partial charge is 0.432 e. The number of nitrogen functional groups attached to an aromatic ring is 1. The number of carbonyl (C=O) groups is 1. The van der Waals surface area contributed by atoms with Crippen LogP contribution in [0.3, 0.4) is 0 Å². The number of halogens is 1. The van der Waals surface area contributed by atoms with Gasteiger partial charge in [0.05, 0.1) is 15.6 Å². The molecule has 110 valence electrons. The summed E-state index contributed by atoms with van der Waals surface area (Å²) in [5, 5.41) is 13.3. The second kappa shape index (κ2) is 5.77. The van der Waals surface area contributed by atoms with Gasteiger partial charge in [-0.1, -0.05) is 11.6 Å². The number of oxazole rings is 1. The average molecular weight is 312 g/mol. The third-order valence-electron chi connectivity index (χ3n) is 2.51. The van der Waals surface area contributed by atoms with Crippen LogP contribution in [-0.4, -0.2) is 15.8 Å². The minimum absolute atomic E-state index is 0.0164. The van der Waals surface area contributed by atoms with Crippen LogP contribution in [0.1, 0.15) is 16.1 Å². The zero-order valence-electron chi connectivity index (χ0n) is 10.7. The molecular formula is C11H10ClN5O4. The molecular weight excluding hydrogens is 302 g/mol. The molecule has 2 aromatic rings. The Morgan fingerprint density at radius 3 is 2.76 bits per heavy atom. The predicted molar refractivity (Wildman–Crippen MR) is 75.1 cm³/mol. The quantitative estimate of drug-likeness (QED) is 0.446. The van der Waals surface area contributed by atoms with E-state index >= 15 is 0 Å². The number of hydrazine groups is 1. The number of benzene rings is 1. The topological polar surface area (TPSA) is 136 Å². The van der Waals surface area contributed by atoms with E-state index in [-0.39, 0.29) is 22.3 Å². The van der Waals surface area contributed by atoms with Gasteiger partial charge in [-0.15, -0.1) is 0 Å². The lowest BCUT2D eigenvalue weighted by Gasteiger charge is -2.07. The zero-order chi connectivity index (χ0) is 15.6. The maximum Gasteiger partial charge on any atom is 0.301 e. The molecule has 0 bridgehead atoms. The van der Waals surface area contributed by atoms with E-state index in [1.807, 2.05) is 0 Å². The Labute approximate surface area is 123 Å². The van der Waals surface area contributed by atoms with Gasteiger partial charge in [0.1, 0.15) is 12.0 Å². The normalized spacial score (nSPS) is 10.2. The Balaban J connectivity index is 2.35. The number of amides is 1. The standard InChI is InChI=1S/C11H10ClN5O4/c1-5-4-21-11(14-5)15-10(18)6-2-7(12)9(16-13)8(3-6)17(19)20/h2-4,16H,13H2,1H3,(H,14,15,18). The van der Waals surface area contributed by atoms with Gasteiger partial charge in [0.25, 0.3) is 11.6 Å². The van der Waals surface area contributed by atoms with Crippen LogP contribution in [0.4, 0.5) is 17.4 Å². The number of nitrogens with one attached hydrogen (secondary N) is 2. The molecule has 1 heterocycles. The zero-order valence-corrected chi connectivity index (χ0v) is 11.5. The predicted octanol–water partition coefficient (Wildman–Crippen LogP) is 2.08. The highest BCUT2D eigenvalue weighted by atomic mass is 35.5. The molecule has 0 atom stereocenters. The van der Waals surface area contributed by atoms with Crippen molar-refractivity contribution < 1.29 is 14.1 Å². The lowest BCUT2D eigenvalue weighted by molar-refractivity contribution is -0.384. The van der Waals surface area contributed by atoms with Crippen molar-refractivity contribution in [2.45, 2.75) is 6.92 Å². The fraction of sp³-hybridized carbons (Fsp3) is 0.0909. The highest BCUT2D eigenvalue weighted by Crippen LogP contribution is 2.33. The molecule has 0 aliphatic rings. The Bertz CT molecular complexity index is 715.